The van der Waals surface area contributed by atoms with Crippen molar-refractivity contribution in [2.24, 2.45) is 17.8 Å². The van der Waals surface area contributed by atoms with E-state index in [0.29, 0.717) is 25.7 Å². The zero-order chi connectivity index (χ0) is 72.3. The van der Waals surface area contributed by atoms with Crippen LogP contribution < -0.4 is 0 Å². The van der Waals surface area contributed by atoms with Crippen LogP contribution >= 0.6 is 15.6 Å². The van der Waals surface area contributed by atoms with Crippen molar-refractivity contribution in [2.75, 3.05) is 39.6 Å². The third-order valence-electron chi connectivity index (χ3n) is 19.1. The minimum Gasteiger partial charge on any atom is -0.462 e. The highest BCUT2D eigenvalue weighted by atomic mass is 31.2. The van der Waals surface area contributed by atoms with Gasteiger partial charge in [0.1, 0.15) is 19.3 Å². The Hall–Kier alpha value is -1.94. The summed E-state index contributed by atoms with van der Waals surface area (Å²) in [6.45, 7) is 12.0. The van der Waals surface area contributed by atoms with Gasteiger partial charge in [-0.3, -0.25) is 37.3 Å². The lowest BCUT2D eigenvalue weighted by molar-refractivity contribution is -0.161. The van der Waals surface area contributed by atoms with Gasteiger partial charge in [-0.25, -0.2) is 9.13 Å². The second kappa shape index (κ2) is 69.4. The van der Waals surface area contributed by atoms with Crippen LogP contribution in [-0.4, -0.2) is 96.7 Å². The number of carbonyl (C=O) groups is 4. The molecule has 0 aliphatic carbocycles. The van der Waals surface area contributed by atoms with Crippen LogP contribution in [0.4, 0.5) is 0 Å². The van der Waals surface area contributed by atoms with Crippen LogP contribution in [0.3, 0.4) is 0 Å². The molecule has 4 unspecified atom stereocenters. The summed E-state index contributed by atoms with van der Waals surface area (Å²) in [6, 6.07) is 0. The molecule has 98 heavy (non-hydrogen) atoms. The molecule has 17 nitrogen and oxygen atoms in total. The molecule has 0 spiro atoms. The molecule has 582 valence electrons. The van der Waals surface area contributed by atoms with Gasteiger partial charge in [-0.05, 0) is 43.4 Å². The fourth-order valence-corrected chi connectivity index (χ4v) is 13.6. The van der Waals surface area contributed by atoms with E-state index in [1.807, 2.05) is 0 Å². The van der Waals surface area contributed by atoms with Crippen molar-refractivity contribution in [1.82, 2.24) is 0 Å². The fourth-order valence-electron chi connectivity index (χ4n) is 12.1. The SMILES string of the molecule is CCCCCCCCCCCCCC(=O)OC[C@H](COP(=O)(O)OC[C@H](O)COP(=O)(O)OC[C@@H](COC(=O)CCCCCCCCCCCCC(C)CC)OC(=O)CCCCCCCCCCCCCCCCCCC(C)C)OC(=O)CCCCCCCCCCCCC(C)CC. The largest absolute Gasteiger partial charge is 0.472 e. The van der Waals surface area contributed by atoms with E-state index in [1.165, 1.54) is 218 Å². The fraction of sp³-hybridized carbons (Fsp3) is 0.949. The van der Waals surface area contributed by atoms with E-state index in [2.05, 4.69) is 48.5 Å². The average Bonchev–Trinajstić information content (AvgIpc) is 1.02. The Kier molecular flexibility index (Phi) is 68.1. The lowest BCUT2D eigenvalue weighted by atomic mass is 9.99. The van der Waals surface area contributed by atoms with Crippen molar-refractivity contribution in [3.63, 3.8) is 0 Å². The summed E-state index contributed by atoms with van der Waals surface area (Å²) >= 11 is 0. The normalized spacial score (nSPS) is 14.6. The molecule has 0 amide bonds. The summed E-state index contributed by atoms with van der Waals surface area (Å²) in [7, 11) is -9.92. The van der Waals surface area contributed by atoms with E-state index < -0.39 is 97.5 Å². The lowest BCUT2D eigenvalue weighted by Gasteiger charge is -2.21. The minimum absolute atomic E-state index is 0.106. The molecule has 0 saturated carbocycles. The molecule has 0 saturated heterocycles. The predicted octanol–water partition coefficient (Wildman–Crippen LogP) is 23.4. The maximum absolute atomic E-state index is 13.1. The minimum atomic E-state index is -4.96. The molecular formula is C79H154O17P2. The molecule has 0 fully saturated rings. The quantitative estimate of drug-likeness (QED) is 0.0222. The van der Waals surface area contributed by atoms with Crippen molar-refractivity contribution in [1.29, 1.82) is 0 Å². The molecule has 0 radical (unpaired) electrons. The second-order valence-electron chi connectivity index (χ2n) is 29.4. The summed E-state index contributed by atoms with van der Waals surface area (Å²) in [5.41, 5.74) is 0. The first-order valence-corrected chi connectivity index (χ1v) is 43.9. The van der Waals surface area contributed by atoms with Crippen LogP contribution in [0, 0.1) is 17.8 Å². The molecule has 19 heteroatoms. The number of hydrogen-bond donors (Lipinski definition) is 3. The van der Waals surface area contributed by atoms with Crippen molar-refractivity contribution in [2.45, 2.75) is 426 Å². The first-order valence-electron chi connectivity index (χ1n) is 40.9. The Bertz CT molecular complexity index is 1910. The summed E-state index contributed by atoms with van der Waals surface area (Å²) < 4.78 is 68.7. The van der Waals surface area contributed by atoms with E-state index in [4.69, 9.17) is 37.0 Å². The van der Waals surface area contributed by atoms with E-state index in [1.54, 1.807) is 0 Å². The Morgan fingerprint density at radius 2 is 0.520 bits per heavy atom. The van der Waals surface area contributed by atoms with Gasteiger partial charge < -0.3 is 33.8 Å². The number of aliphatic hydroxyl groups is 1. The number of ether oxygens (including phenoxy) is 4. The third kappa shape index (κ3) is 69.8. The van der Waals surface area contributed by atoms with Crippen LogP contribution in [0.15, 0.2) is 0 Å². The maximum Gasteiger partial charge on any atom is 0.472 e. The van der Waals surface area contributed by atoms with E-state index in [-0.39, 0.29) is 25.7 Å². The van der Waals surface area contributed by atoms with Crippen LogP contribution in [0.1, 0.15) is 408 Å². The molecule has 0 aromatic rings. The van der Waals surface area contributed by atoms with Crippen molar-refractivity contribution < 1.29 is 80.2 Å². The van der Waals surface area contributed by atoms with Crippen molar-refractivity contribution in [3.8, 4) is 0 Å². The number of unbranched alkanes of at least 4 members (excludes halogenated alkanes) is 43. The Morgan fingerprint density at radius 3 is 0.776 bits per heavy atom. The summed E-state index contributed by atoms with van der Waals surface area (Å²) in [4.78, 5) is 73.0. The second-order valence-corrected chi connectivity index (χ2v) is 32.3. The van der Waals surface area contributed by atoms with Crippen molar-refractivity contribution in [3.05, 3.63) is 0 Å². The molecule has 0 heterocycles. The van der Waals surface area contributed by atoms with Gasteiger partial charge in [0.05, 0.1) is 26.4 Å². The van der Waals surface area contributed by atoms with Crippen LogP contribution in [0.2, 0.25) is 0 Å². The van der Waals surface area contributed by atoms with Crippen LogP contribution in [0.25, 0.3) is 0 Å². The van der Waals surface area contributed by atoms with E-state index in [0.717, 1.165) is 108 Å². The highest BCUT2D eigenvalue weighted by Crippen LogP contribution is 2.45. The zero-order valence-electron chi connectivity index (χ0n) is 64.3. The third-order valence-corrected chi connectivity index (χ3v) is 21.0. The number of carbonyl (C=O) groups excluding carboxylic acids is 4. The van der Waals surface area contributed by atoms with Gasteiger partial charge in [-0.2, -0.15) is 0 Å². The first kappa shape index (κ1) is 96.1. The van der Waals surface area contributed by atoms with E-state index >= 15 is 0 Å². The molecule has 0 aliphatic heterocycles. The molecule has 0 aromatic heterocycles. The summed E-state index contributed by atoms with van der Waals surface area (Å²) in [5.74, 6) is 0.309. The highest BCUT2D eigenvalue weighted by molar-refractivity contribution is 7.47. The smallest absolute Gasteiger partial charge is 0.462 e. The van der Waals surface area contributed by atoms with Gasteiger partial charge in [0, 0.05) is 25.7 Å². The first-order chi connectivity index (χ1) is 47.3. The van der Waals surface area contributed by atoms with Gasteiger partial charge >= 0.3 is 39.5 Å². The number of rotatable bonds is 77. The Labute approximate surface area is 600 Å². The number of phosphoric ester groups is 2. The summed E-state index contributed by atoms with van der Waals surface area (Å²) in [6.07, 6.45) is 56.6. The Morgan fingerprint density at radius 1 is 0.296 bits per heavy atom. The van der Waals surface area contributed by atoms with Gasteiger partial charge in [0.15, 0.2) is 12.2 Å². The number of phosphoric acid groups is 2. The number of aliphatic hydroxyl groups excluding tert-OH is 1. The Balaban J connectivity index is 5.26. The summed E-state index contributed by atoms with van der Waals surface area (Å²) in [5, 5.41) is 10.6. The van der Waals surface area contributed by atoms with Gasteiger partial charge in [-0.15, -0.1) is 0 Å². The highest BCUT2D eigenvalue weighted by Gasteiger charge is 2.30. The van der Waals surface area contributed by atoms with E-state index in [9.17, 15) is 43.2 Å². The van der Waals surface area contributed by atoms with Crippen LogP contribution in [0.5, 0.6) is 0 Å². The maximum atomic E-state index is 13.1. The van der Waals surface area contributed by atoms with Crippen LogP contribution in [-0.2, 0) is 65.4 Å². The predicted molar refractivity (Wildman–Crippen MR) is 400 cm³/mol. The lowest BCUT2D eigenvalue weighted by Crippen LogP contribution is -2.30. The number of hydrogen-bond acceptors (Lipinski definition) is 15. The molecule has 7 atom stereocenters. The van der Waals surface area contributed by atoms with Gasteiger partial charge in [0.25, 0.3) is 0 Å². The zero-order valence-corrected chi connectivity index (χ0v) is 66.0. The van der Waals surface area contributed by atoms with Crippen molar-refractivity contribution >= 4 is 39.5 Å². The van der Waals surface area contributed by atoms with Gasteiger partial charge in [0.2, 0.25) is 0 Å². The van der Waals surface area contributed by atoms with Gasteiger partial charge in [-0.1, -0.05) is 357 Å². The average molecular weight is 1440 g/mol. The molecule has 0 bridgehead atoms. The monoisotopic (exact) mass is 1440 g/mol. The standard InChI is InChI=1S/C79H154O17P2/c1-8-11-12-13-14-15-22-32-39-46-53-60-76(81)89-66-75(96-79(84)63-56-49-42-35-28-26-31-38-45-52-59-72(7)10-3)69-94-98(87,88)92-65-73(80)64-91-97(85,86)93-68-74(67-90-77(82)61-54-47-40-33-27-25-30-37-44-51-58-71(6)9-2)95-78(83)62-55-48-41-34-24-21-19-17-16-18-20-23-29-36-43-50-57-70(4)5/h70-75,80H,8-69H2,1-7H3,(H,85,86)(H,87,88)/t71?,72?,73-,74-,75-/m1/s1. The number of esters is 4. The molecule has 0 aromatic carbocycles. The molecule has 0 rings (SSSR count). The molecular weight excluding hydrogens is 1280 g/mol. The topological polar surface area (TPSA) is 237 Å². The molecule has 3 N–H and O–H groups in total. The molecule has 0 aliphatic rings.